The second-order valence-corrected chi connectivity index (χ2v) is 7.89. The van der Waals surface area contributed by atoms with E-state index in [-0.39, 0.29) is 5.78 Å². The first kappa shape index (κ1) is 20.4. The number of nitrogens with zero attached hydrogens (tertiary/aromatic N) is 4. The van der Waals surface area contributed by atoms with Crippen LogP contribution in [0.4, 0.5) is 13.2 Å². The normalized spacial score (nSPS) is 15.7. The van der Waals surface area contributed by atoms with Crippen molar-refractivity contribution in [3.05, 3.63) is 71.8 Å². The molecular formula is C22H24F3N5. The third-order valence-corrected chi connectivity index (χ3v) is 5.39. The summed E-state index contributed by atoms with van der Waals surface area (Å²) in [5.74, 6) is 0.583. The molecule has 8 heteroatoms. The number of nitrogens with one attached hydrogen (secondary N) is 1. The van der Waals surface area contributed by atoms with Gasteiger partial charge in [-0.2, -0.15) is 13.2 Å². The fourth-order valence-corrected chi connectivity index (χ4v) is 3.78. The lowest BCUT2D eigenvalue weighted by atomic mass is 9.99. The molecule has 1 aliphatic rings. The lowest BCUT2D eigenvalue weighted by Crippen LogP contribution is -2.36. The molecule has 1 aromatic carbocycles. The molecular weight excluding hydrogens is 391 g/mol. The summed E-state index contributed by atoms with van der Waals surface area (Å²) in [5, 5.41) is 3.27. The molecule has 30 heavy (non-hydrogen) atoms. The van der Waals surface area contributed by atoms with Gasteiger partial charge in [-0.15, -0.1) is 0 Å². The molecule has 1 atom stereocenters. The van der Waals surface area contributed by atoms with Crippen molar-refractivity contribution in [1.82, 2.24) is 24.6 Å². The summed E-state index contributed by atoms with van der Waals surface area (Å²) in [4.78, 5) is 10.5. The second kappa shape index (κ2) is 8.10. The van der Waals surface area contributed by atoms with E-state index >= 15 is 0 Å². The summed E-state index contributed by atoms with van der Waals surface area (Å²) in [7, 11) is 0. The Labute approximate surface area is 173 Å². The van der Waals surface area contributed by atoms with Gasteiger partial charge in [0.1, 0.15) is 5.69 Å². The van der Waals surface area contributed by atoms with Crippen LogP contribution in [0.15, 0.2) is 49.4 Å². The highest BCUT2D eigenvalue weighted by molar-refractivity contribution is 5.60. The Bertz CT molecular complexity index is 1060. The number of halogens is 3. The molecule has 0 saturated carbocycles. The number of alkyl halides is 3. The van der Waals surface area contributed by atoms with Gasteiger partial charge >= 0.3 is 6.18 Å². The van der Waals surface area contributed by atoms with Crippen LogP contribution in [0.1, 0.15) is 29.3 Å². The SMILES string of the molecule is C=C(NCC(C)CN1CCc2ccccc2C1)c1cn2cc(C(F)(F)F)cnc2n1. The van der Waals surface area contributed by atoms with Crippen molar-refractivity contribution in [1.29, 1.82) is 0 Å². The molecule has 0 fully saturated rings. The number of aromatic nitrogens is 3. The number of benzene rings is 1. The van der Waals surface area contributed by atoms with Crippen LogP contribution >= 0.6 is 0 Å². The predicted octanol–water partition coefficient (Wildman–Crippen LogP) is 4.00. The Hall–Kier alpha value is -2.87. The first-order valence-electron chi connectivity index (χ1n) is 9.94. The van der Waals surface area contributed by atoms with Crippen LogP contribution in [0.5, 0.6) is 0 Å². The van der Waals surface area contributed by atoms with Crippen molar-refractivity contribution < 1.29 is 13.2 Å². The zero-order valence-corrected chi connectivity index (χ0v) is 16.8. The van der Waals surface area contributed by atoms with Crippen LogP contribution in [-0.2, 0) is 19.1 Å². The van der Waals surface area contributed by atoms with Crippen LogP contribution in [-0.4, -0.2) is 38.9 Å². The average molecular weight is 415 g/mol. The number of imidazole rings is 1. The predicted molar refractivity (Wildman–Crippen MR) is 110 cm³/mol. The maximum absolute atomic E-state index is 12.9. The van der Waals surface area contributed by atoms with Crippen molar-refractivity contribution in [3.63, 3.8) is 0 Å². The second-order valence-electron chi connectivity index (χ2n) is 7.89. The van der Waals surface area contributed by atoms with E-state index < -0.39 is 11.7 Å². The fourth-order valence-electron chi connectivity index (χ4n) is 3.78. The van der Waals surface area contributed by atoms with E-state index in [0.29, 0.717) is 23.9 Å². The van der Waals surface area contributed by atoms with Gasteiger partial charge < -0.3 is 5.32 Å². The highest BCUT2D eigenvalue weighted by Crippen LogP contribution is 2.28. The molecule has 5 nitrogen and oxygen atoms in total. The molecule has 3 aromatic rings. The average Bonchev–Trinajstić information content (AvgIpc) is 3.15. The molecule has 1 N–H and O–H groups in total. The van der Waals surface area contributed by atoms with Gasteiger partial charge in [-0.25, -0.2) is 9.97 Å². The first-order chi connectivity index (χ1) is 14.3. The summed E-state index contributed by atoms with van der Waals surface area (Å²) in [6.45, 7) is 9.82. The number of hydrogen-bond acceptors (Lipinski definition) is 4. The van der Waals surface area contributed by atoms with Gasteiger partial charge in [0, 0.05) is 44.8 Å². The van der Waals surface area contributed by atoms with E-state index in [9.17, 15) is 13.2 Å². The van der Waals surface area contributed by atoms with E-state index in [2.05, 4.69) is 58.0 Å². The molecule has 1 unspecified atom stereocenters. The topological polar surface area (TPSA) is 45.5 Å². The molecule has 0 aliphatic carbocycles. The molecule has 0 amide bonds. The van der Waals surface area contributed by atoms with Crippen molar-refractivity contribution >= 4 is 11.5 Å². The zero-order chi connectivity index (χ0) is 21.3. The van der Waals surface area contributed by atoms with Crippen LogP contribution in [0.3, 0.4) is 0 Å². The molecule has 4 rings (SSSR count). The molecule has 0 saturated heterocycles. The third kappa shape index (κ3) is 4.48. The van der Waals surface area contributed by atoms with Crippen molar-refractivity contribution in [3.8, 4) is 0 Å². The maximum Gasteiger partial charge on any atom is 0.419 e. The lowest BCUT2D eigenvalue weighted by Gasteiger charge is -2.31. The van der Waals surface area contributed by atoms with Crippen molar-refractivity contribution in [2.24, 2.45) is 5.92 Å². The van der Waals surface area contributed by atoms with Gasteiger partial charge in [-0.3, -0.25) is 9.30 Å². The molecule has 0 radical (unpaired) electrons. The zero-order valence-electron chi connectivity index (χ0n) is 16.8. The molecule has 2 aromatic heterocycles. The smallest absolute Gasteiger partial charge is 0.383 e. The van der Waals surface area contributed by atoms with Gasteiger partial charge in [0.2, 0.25) is 5.78 Å². The van der Waals surface area contributed by atoms with E-state index in [0.717, 1.165) is 38.4 Å². The Kier molecular flexibility index (Phi) is 5.51. The Morgan fingerprint density at radius 1 is 1.23 bits per heavy atom. The van der Waals surface area contributed by atoms with Gasteiger partial charge in [0.25, 0.3) is 0 Å². The minimum atomic E-state index is -4.44. The lowest BCUT2D eigenvalue weighted by molar-refractivity contribution is -0.138. The highest BCUT2D eigenvalue weighted by atomic mass is 19.4. The fraction of sp³-hybridized carbons (Fsp3) is 0.364. The van der Waals surface area contributed by atoms with Crippen LogP contribution in [0, 0.1) is 5.92 Å². The Balaban J connectivity index is 1.33. The standard InChI is InChI=1S/C22H24F3N5/c1-15(11-29-8-7-17-5-3-4-6-18(17)12-29)9-26-16(2)20-14-30-13-19(22(23,24)25)10-27-21(30)28-20/h3-6,10,13-15,26H,2,7-9,11-12H2,1H3. The van der Waals surface area contributed by atoms with Gasteiger partial charge in [-0.1, -0.05) is 37.8 Å². The number of rotatable bonds is 6. The largest absolute Gasteiger partial charge is 0.419 e. The quantitative estimate of drug-likeness (QED) is 0.661. The Morgan fingerprint density at radius 2 is 2.00 bits per heavy atom. The van der Waals surface area contributed by atoms with Crippen molar-refractivity contribution in [2.75, 3.05) is 19.6 Å². The highest BCUT2D eigenvalue weighted by Gasteiger charge is 2.31. The molecule has 0 spiro atoms. The van der Waals surface area contributed by atoms with Crippen LogP contribution < -0.4 is 5.32 Å². The van der Waals surface area contributed by atoms with E-state index in [1.54, 1.807) is 0 Å². The number of hydrogen-bond donors (Lipinski definition) is 1. The molecule has 1 aliphatic heterocycles. The summed E-state index contributed by atoms with van der Waals surface area (Å²) < 4.78 is 39.9. The third-order valence-electron chi connectivity index (χ3n) is 5.39. The van der Waals surface area contributed by atoms with E-state index in [4.69, 9.17) is 0 Å². The van der Waals surface area contributed by atoms with Gasteiger partial charge in [-0.05, 0) is 23.5 Å². The van der Waals surface area contributed by atoms with Gasteiger partial charge in [0.05, 0.1) is 11.3 Å². The van der Waals surface area contributed by atoms with Crippen molar-refractivity contribution in [2.45, 2.75) is 26.1 Å². The van der Waals surface area contributed by atoms with E-state index in [1.165, 1.54) is 21.7 Å². The first-order valence-corrected chi connectivity index (χ1v) is 9.94. The molecule has 158 valence electrons. The Morgan fingerprint density at radius 3 is 2.77 bits per heavy atom. The van der Waals surface area contributed by atoms with E-state index in [1.807, 2.05) is 0 Å². The molecule has 0 bridgehead atoms. The summed E-state index contributed by atoms with van der Waals surface area (Å²) >= 11 is 0. The summed E-state index contributed by atoms with van der Waals surface area (Å²) in [6, 6.07) is 8.56. The minimum absolute atomic E-state index is 0.209. The maximum atomic E-state index is 12.9. The van der Waals surface area contributed by atoms with Crippen LogP contribution in [0.25, 0.3) is 11.5 Å². The number of fused-ring (bicyclic) bond motifs is 2. The van der Waals surface area contributed by atoms with Crippen LogP contribution in [0.2, 0.25) is 0 Å². The van der Waals surface area contributed by atoms with Gasteiger partial charge in [0.15, 0.2) is 0 Å². The summed E-state index contributed by atoms with van der Waals surface area (Å²) in [5.41, 5.74) is 3.07. The minimum Gasteiger partial charge on any atom is -0.383 e. The summed E-state index contributed by atoms with van der Waals surface area (Å²) in [6.07, 6.45) is -0.0777. The monoisotopic (exact) mass is 415 g/mol. The molecule has 3 heterocycles.